The van der Waals surface area contributed by atoms with Gasteiger partial charge in [-0.15, -0.1) is 0 Å². The Balaban J connectivity index is 1.35. The highest BCUT2D eigenvalue weighted by Gasteiger charge is 2.26. The minimum absolute atomic E-state index is 0.120. The first kappa shape index (κ1) is 16.1. The van der Waals surface area contributed by atoms with Gasteiger partial charge in [0.2, 0.25) is 0 Å². The predicted octanol–water partition coefficient (Wildman–Crippen LogP) is 2.32. The van der Waals surface area contributed by atoms with Crippen LogP contribution in [-0.2, 0) is 24.1 Å². The third-order valence-corrected chi connectivity index (χ3v) is 4.89. The van der Waals surface area contributed by atoms with Gasteiger partial charge in [0.25, 0.3) is 0 Å². The Labute approximate surface area is 145 Å². The van der Waals surface area contributed by atoms with E-state index in [4.69, 9.17) is 4.74 Å². The van der Waals surface area contributed by atoms with Crippen molar-refractivity contribution >= 4 is 6.03 Å². The second-order valence-corrected chi connectivity index (χ2v) is 6.50. The maximum Gasteiger partial charge on any atom is 0.317 e. The first-order valence-electron chi connectivity index (χ1n) is 8.65. The quantitative estimate of drug-likeness (QED) is 0.898. The molecule has 1 aromatic carbocycles. The van der Waals surface area contributed by atoms with Gasteiger partial charge in [-0.2, -0.15) is 5.10 Å². The zero-order chi connectivity index (χ0) is 17.2. The molecule has 7 heteroatoms. The molecule has 1 aliphatic heterocycles. The molecular formula is C18H21FN4O2. The summed E-state index contributed by atoms with van der Waals surface area (Å²) >= 11 is 0. The summed E-state index contributed by atoms with van der Waals surface area (Å²) in [5.74, 6) is -0.277. The van der Waals surface area contributed by atoms with Gasteiger partial charge in [-0.1, -0.05) is 12.1 Å². The number of carbonyl (C=O) groups excluding carboxylic acids is 1. The fourth-order valence-corrected chi connectivity index (χ4v) is 3.52. The summed E-state index contributed by atoms with van der Waals surface area (Å²) in [6.07, 6.45) is 2.99. The summed E-state index contributed by atoms with van der Waals surface area (Å²) in [4.78, 5) is 14.2. The first-order chi connectivity index (χ1) is 12.2. The molecule has 2 aromatic rings. The summed E-state index contributed by atoms with van der Waals surface area (Å²) in [7, 11) is 0. The van der Waals surface area contributed by atoms with Crippen molar-refractivity contribution in [1.29, 1.82) is 0 Å². The van der Waals surface area contributed by atoms with Crippen LogP contribution in [0, 0.1) is 5.82 Å². The van der Waals surface area contributed by atoms with E-state index in [2.05, 4.69) is 15.5 Å². The molecule has 0 saturated carbocycles. The lowest BCUT2D eigenvalue weighted by Gasteiger charge is -2.33. The van der Waals surface area contributed by atoms with Gasteiger partial charge in [-0.25, -0.2) is 9.18 Å². The number of aromatic nitrogens is 2. The molecule has 1 fully saturated rings. The molecule has 0 spiro atoms. The van der Waals surface area contributed by atoms with E-state index in [9.17, 15) is 9.18 Å². The van der Waals surface area contributed by atoms with Crippen molar-refractivity contribution in [1.82, 2.24) is 20.4 Å². The van der Waals surface area contributed by atoms with Gasteiger partial charge in [0, 0.05) is 12.2 Å². The molecule has 1 saturated heterocycles. The zero-order valence-corrected chi connectivity index (χ0v) is 13.9. The van der Waals surface area contributed by atoms with E-state index in [1.165, 1.54) is 23.4 Å². The van der Waals surface area contributed by atoms with Gasteiger partial charge >= 0.3 is 6.03 Å². The molecule has 2 heterocycles. The van der Waals surface area contributed by atoms with Crippen molar-refractivity contribution in [3.05, 3.63) is 52.6 Å². The highest BCUT2D eigenvalue weighted by Crippen LogP contribution is 2.24. The predicted molar refractivity (Wildman–Crippen MR) is 89.5 cm³/mol. The van der Waals surface area contributed by atoms with Gasteiger partial charge in [-0.3, -0.25) is 5.10 Å². The number of hydrogen-bond donors (Lipinski definition) is 2. The number of H-pyrrole nitrogens is 1. The van der Waals surface area contributed by atoms with Crippen LogP contribution in [-0.4, -0.2) is 40.8 Å². The Morgan fingerprint density at radius 1 is 1.36 bits per heavy atom. The number of hydrogen-bond acceptors (Lipinski definition) is 3. The van der Waals surface area contributed by atoms with E-state index in [-0.39, 0.29) is 18.0 Å². The van der Waals surface area contributed by atoms with Crippen LogP contribution in [0.4, 0.5) is 9.18 Å². The Kier molecular flexibility index (Phi) is 4.40. The van der Waals surface area contributed by atoms with Crippen LogP contribution < -0.4 is 5.32 Å². The van der Waals surface area contributed by atoms with Crippen molar-refractivity contribution in [2.75, 3.05) is 19.7 Å². The third kappa shape index (κ3) is 3.37. The van der Waals surface area contributed by atoms with E-state index in [1.54, 1.807) is 17.0 Å². The van der Waals surface area contributed by atoms with Gasteiger partial charge in [0.05, 0.1) is 25.4 Å². The van der Waals surface area contributed by atoms with E-state index in [1.807, 2.05) is 0 Å². The minimum atomic E-state index is -0.277. The average molecular weight is 344 g/mol. The number of aromatic amines is 1. The molecule has 6 nitrogen and oxygen atoms in total. The molecular weight excluding hydrogens is 323 g/mol. The van der Waals surface area contributed by atoms with E-state index in [0.29, 0.717) is 26.2 Å². The standard InChI is InChI=1S/C18H21FN4O2/c19-13-6-4-12(5-7-13)17-11-23(8-9-25-17)18(24)20-10-16-14-2-1-3-15(14)21-22-16/h4-7,17H,1-3,8-11H2,(H,20,24)(H,21,22)/t17-/m0/s1. The molecule has 4 rings (SSSR count). The molecule has 1 atom stereocenters. The lowest BCUT2D eigenvalue weighted by Crippen LogP contribution is -2.47. The normalized spacial score (nSPS) is 19.7. The van der Waals surface area contributed by atoms with E-state index >= 15 is 0 Å². The molecule has 1 aliphatic carbocycles. The van der Waals surface area contributed by atoms with Crippen molar-refractivity contribution < 1.29 is 13.9 Å². The zero-order valence-electron chi connectivity index (χ0n) is 13.9. The summed E-state index contributed by atoms with van der Waals surface area (Å²) in [6, 6.07) is 6.11. The Hall–Kier alpha value is -2.41. The number of benzene rings is 1. The maximum absolute atomic E-state index is 13.1. The number of halogens is 1. The van der Waals surface area contributed by atoms with Crippen molar-refractivity contribution in [3.8, 4) is 0 Å². The van der Waals surface area contributed by atoms with Crippen molar-refractivity contribution in [2.24, 2.45) is 0 Å². The van der Waals surface area contributed by atoms with Crippen molar-refractivity contribution in [2.45, 2.75) is 31.9 Å². The van der Waals surface area contributed by atoms with E-state index < -0.39 is 0 Å². The van der Waals surface area contributed by atoms with Gasteiger partial charge in [0.15, 0.2) is 0 Å². The topological polar surface area (TPSA) is 70.2 Å². The Morgan fingerprint density at radius 3 is 3.04 bits per heavy atom. The monoisotopic (exact) mass is 344 g/mol. The second kappa shape index (κ2) is 6.84. The lowest BCUT2D eigenvalue weighted by molar-refractivity contribution is -0.0155. The summed E-state index contributed by atoms with van der Waals surface area (Å²) in [5, 5.41) is 10.3. The molecule has 2 N–H and O–H groups in total. The number of rotatable bonds is 3. The van der Waals surface area contributed by atoms with Gasteiger partial charge in [-0.05, 0) is 42.5 Å². The summed E-state index contributed by atoms with van der Waals surface area (Å²) in [5.41, 5.74) is 4.27. The molecule has 132 valence electrons. The van der Waals surface area contributed by atoms with Crippen LogP contribution in [0.5, 0.6) is 0 Å². The van der Waals surface area contributed by atoms with Crippen LogP contribution in [0.3, 0.4) is 0 Å². The second-order valence-electron chi connectivity index (χ2n) is 6.50. The van der Waals surface area contributed by atoms with Gasteiger partial charge in [0.1, 0.15) is 11.9 Å². The lowest BCUT2D eigenvalue weighted by atomic mass is 10.1. The number of nitrogens with zero attached hydrogens (tertiary/aromatic N) is 2. The van der Waals surface area contributed by atoms with Crippen LogP contribution >= 0.6 is 0 Å². The smallest absolute Gasteiger partial charge is 0.317 e. The minimum Gasteiger partial charge on any atom is -0.370 e. The summed E-state index contributed by atoms with van der Waals surface area (Å²) in [6.45, 7) is 1.90. The fourth-order valence-electron chi connectivity index (χ4n) is 3.52. The Bertz CT molecular complexity index is 759. The Morgan fingerprint density at radius 2 is 2.20 bits per heavy atom. The number of amides is 2. The van der Waals surface area contributed by atoms with E-state index in [0.717, 1.165) is 30.5 Å². The number of carbonyl (C=O) groups is 1. The number of ether oxygens (including phenoxy) is 1. The first-order valence-corrected chi connectivity index (χ1v) is 8.65. The highest BCUT2D eigenvalue weighted by molar-refractivity contribution is 5.74. The average Bonchev–Trinajstić information content (AvgIpc) is 3.24. The number of morpholine rings is 1. The van der Waals surface area contributed by atoms with Gasteiger partial charge < -0.3 is 15.0 Å². The highest BCUT2D eigenvalue weighted by atomic mass is 19.1. The van der Waals surface area contributed by atoms with Crippen LogP contribution in [0.2, 0.25) is 0 Å². The molecule has 1 aromatic heterocycles. The number of fused-ring (bicyclic) bond motifs is 1. The molecule has 2 aliphatic rings. The third-order valence-electron chi connectivity index (χ3n) is 4.89. The number of urea groups is 1. The van der Waals surface area contributed by atoms with Crippen LogP contribution in [0.1, 0.15) is 35.0 Å². The SMILES string of the molecule is O=C(NCc1n[nH]c2c1CCC2)N1CCO[C@H](c2ccc(F)cc2)C1. The molecule has 0 bridgehead atoms. The molecule has 25 heavy (non-hydrogen) atoms. The molecule has 2 amide bonds. The number of aryl methyl sites for hydroxylation is 1. The van der Waals surface area contributed by atoms with Crippen LogP contribution in [0.25, 0.3) is 0 Å². The fraction of sp³-hybridized carbons (Fsp3) is 0.444. The van der Waals surface area contributed by atoms with Crippen LogP contribution in [0.15, 0.2) is 24.3 Å². The summed E-state index contributed by atoms with van der Waals surface area (Å²) < 4.78 is 18.8. The number of nitrogens with one attached hydrogen (secondary N) is 2. The largest absolute Gasteiger partial charge is 0.370 e. The van der Waals surface area contributed by atoms with Crippen molar-refractivity contribution in [3.63, 3.8) is 0 Å². The molecule has 0 radical (unpaired) electrons. The maximum atomic E-state index is 13.1. The molecule has 0 unspecified atom stereocenters.